The molecule has 4 bridgehead atoms. The third kappa shape index (κ3) is 15.2. The van der Waals surface area contributed by atoms with E-state index in [0.29, 0.717) is 23.7 Å². The van der Waals surface area contributed by atoms with Crippen molar-refractivity contribution in [2.45, 2.75) is 113 Å². The monoisotopic (exact) mass is 981 g/mol. The van der Waals surface area contributed by atoms with Gasteiger partial charge in [-0.25, -0.2) is 0 Å². The molecule has 52 heavy (non-hydrogen) atoms. The van der Waals surface area contributed by atoms with Crippen molar-refractivity contribution in [1.29, 1.82) is 0 Å². The summed E-state index contributed by atoms with van der Waals surface area (Å²) in [6.45, 7) is 6.20. The Bertz CT molecular complexity index is 1070. The van der Waals surface area contributed by atoms with Crippen molar-refractivity contribution in [3.63, 3.8) is 0 Å². The van der Waals surface area contributed by atoms with Crippen LogP contribution >= 0.6 is 0 Å². The molecule has 4 saturated carbocycles. The van der Waals surface area contributed by atoms with Gasteiger partial charge in [-0.1, -0.05) is 87.1 Å². The van der Waals surface area contributed by atoms with Crippen molar-refractivity contribution >= 4 is 35.8 Å². The summed E-state index contributed by atoms with van der Waals surface area (Å²) in [4.78, 5) is 70.6. The smallest absolute Gasteiger partial charge is 0.308 e. The maximum absolute atomic E-state index is 12.6. The van der Waals surface area contributed by atoms with Gasteiger partial charge in [0.15, 0.2) is 0 Å². The molecule has 13 nitrogen and oxygen atoms in total. The van der Waals surface area contributed by atoms with E-state index in [2.05, 4.69) is 0 Å². The predicted molar refractivity (Wildman–Crippen MR) is 193 cm³/mol. The molecule has 4 rings (SSSR count). The van der Waals surface area contributed by atoms with E-state index in [0.717, 1.165) is 26.2 Å². The summed E-state index contributed by atoms with van der Waals surface area (Å²) in [6, 6.07) is 0. The second-order valence-electron chi connectivity index (χ2n) is 12.6. The summed E-state index contributed by atoms with van der Waals surface area (Å²) < 4.78 is 0. The summed E-state index contributed by atoms with van der Waals surface area (Å²) in [5.74, 6) is -17.7. The van der Waals surface area contributed by atoms with Crippen LogP contribution in [0.4, 0.5) is 0 Å². The molecule has 8 N–H and O–H groups in total. The van der Waals surface area contributed by atoms with Gasteiger partial charge in [-0.15, -0.1) is 0 Å². The Labute approximate surface area is 390 Å². The zero-order valence-corrected chi connectivity index (χ0v) is 33.8. The topological polar surface area (TPSA) is 255 Å². The van der Waals surface area contributed by atoms with E-state index in [1.807, 2.05) is 6.92 Å². The first-order valence-electron chi connectivity index (χ1n) is 13.9. The quantitative estimate of drug-likeness (QED) is 0.114. The Hall–Kier alpha value is 0.0917. The van der Waals surface area contributed by atoms with Crippen molar-refractivity contribution in [3.05, 3.63) is 0 Å². The van der Waals surface area contributed by atoms with Crippen molar-refractivity contribution in [2.24, 2.45) is 82.9 Å². The maximum Gasteiger partial charge on any atom is 0.308 e. The number of carbonyl (C=O) groups is 6. The van der Waals surface area contributed by atoms with Crippen LogP contribution in [0.25, 0.3) is 0 Å². The molecule has 0 spiro atoms. The third-order valence-corrected chi connectivity index (χ3v) is 10.5. The zero-order chi connectivity index (χ0) is 30.4. The molecule has 4 aliphatic carbocycles. The maximum atomic E-state index is 12.6. The van der Waals surface area contributed by atoms with Gasteiger partial charge in [0.05, 0.1) is 35.5 Å². The second-order valence-corrected chi connectivity index (χ2v) is 12.6. The van der Waals surface area contributed by atoms with Gasteiger partial charge < -0.3 is 36.1 Å². The fraction of sp³-hybridized carbons (Fsp3) is 0.833. The normalized spacial score (nSPS) is 26.9. The molecule has 16 heteroatoms. The Morgan fingerprint density at radius 2 is 0.846 bits per heavy atom. The molecule has 0 aromatic heterocycles. The van der Waals surface area contributed by atoms with Gasteiger partial charge in [0.1, 0.15) is 0 Å². The SMILES string of the molecule is C.C.C.C.C.C.C.C.CC(C(=O)O)C(C(=O)O)C(C(=O)O)C(C(=O)O)C(C(=O)O)C1C(C)C2CC1C1C3CCC(C3)C21.CC(C)C(=O)O.O.[Y].[Y].[Y]. The minimum atomic E-state index is -2.20. The number of carboxylic acids is 6. The summed E-state index contributed by atoms with van der Waals surface area (Å²) in [7, 11) is 0. The number of rotatable bonds is 11. The fourth-order valence-electron chi connectivity index (χ4n) is 8.98. The summed E-state index contributed by atoms with van der Waals surface area (Å²) in [6.07, 6.45) is 4.14. The van der Waals surface area contributed by atoms with Crippen LogP contribution in [0.2, 0.25) is 0 Å². The Morgan fingerprint density at radius 1 is 0.500 bits per heavy atom. The molecule has 0 amide bonds. The molecule has 0 aromatic rings. The van der Waals surface area contributed by atoms with Gasteiger partial charge in [0.25, 0.3) is 0 Å². The zero-order valence-electron chi connectivity index (χ0n) is 25.3. The summed E-state index contributed by atoms with van der Waals surface area (Å²) >= 11 is 0. The van der Waals surface area contributed by atoms with Gasteiger partial charge in [0, 0.05) is 98.1 Å². The average molecular weight is 982 g/mol. The van der Waals surface area contributed by atoms with Gasteiger partial charge in [-0.2, -0.15) is 0 Å². The first kappa shape index (κ1) is 76.7. The van der Waals surface area contributed by atoms with E-state index in [4.69, 9.17) is 5.11 Å². The van der Waals surface area contributed by atoms with Crippen LogP contribution in [-0.2, 0) is 127 Å². The number of fused-ring (bicyclic) bond motifs is 9. The predicted octanol–water partition coefficient (Wildman–Crippen LogP) is 7.06. The molecule has 13 unspecified atom stereocenters. The molecule has 3 radical (unpaired) electrons. The summed E-state index contributed by atoms with van der Waals surface area (Å²) in [5, 5.41) is 57.4. The van der Waals surface area contributed by atoms with Crippen molar-refractivity contribution in [3.8, 4) is 0 Å². The van der Waals surface area contributed by atoms with Crippen molar-refractivity contribution < 1.29 is 163 Å². The number of carboxylic acid groups (broad SMARTS) is 6. The van der Waals surface area contributed by atoms with E-state index in [1.54, 1.807) is 13.8 Å². The van der Waals surface area contributed by atoms with Crippen LogP contribution in [-0.4, -0.2) is 71.9 Å². The van der Waals surface area contributed by atoms with Crippen LogP contribution in [0, 0.1) is 82.9 Å². The van der Waals surface area contributed by atoms with Crippen LogP contribution in [0.5, 0.6) is 0 Å². The molecular weight excluding hydrogens is 907 g/mol. The van der Waals surface area contributed by atoms with Crippen LogP contribution in [0.1, 0.15) is 113 Å². The van der Waals surface area contributed by atoms with Crippen LogP contribution in [0.3, 0.4) is 0 Å². The van der Waals surface area contributed by atoms with Gasteiger partial charge in [-0.3, -0.25) is 28.8 Å². The first-order chi connectivity index (χ1) is 18.5. The molecular formula is C36H74O13Y3. The Balaban J connectivity index is -0.000000114. The molecule has 0 saturated heterocycles. The van der Waals surface area contributed by atoms with E-state index in [-0.39, 0.29) is 187 Å². The molecule has 0 aromatic carbocycles. The molecule has 13 atom stereocenters. The Kier molecular flexibility index (Phi) is 46.1. The minimum absolute atomic E-state index is 0. The van der Waals surface area contributed by atoms with E-state index >= 15 is 0 Å². The molecule has 0 heterocycles. The third-order valence-electron chi connectivity index (χ3n) is 10.5. The summed E-state index contributed by atoms with van der Waals surface area (Å²) in [5.41, 5.74) is 0. The molecule has 4 fully saturated rings. The number of hydrogen-bond donors (Lipinski definition) is 6. The van der Waals surface area contributed by atoms with E-state index in [1.165, 1.54) is 6.42 Å². The standard InChI is InChI=1S/C24H32O10.C4H8O2.8CH4.H2O.3Y/c1-7-11-6-12(16-10-4-3-9(5-10)15(11)16)13(7)17(22(29)30)19(24(33)34)18(23(31)32)14(21(27)28)8(2)20(25)26;1-3(2)4(5)6;;;;;;;;;;;;/h7-19H,3-6H2,1-2H3,(H,25,26)(H,27,28)(H,29,30)(H,31,32)(H,33,34);3H,1-2H3,(H,5,6);8*1H4;1H2;;;. The fourth-order valence-corrected chi connectivity index (χ4v) is 8.98. The Morgan fingerprint density at radius 3 is 1.13 bits per heavy atom. The first-order valence-corrected chi connectivity index (χ1v) is 13.9. The average Bonchev–Trinajstić information content (AvgIpc) is 3.60. The van der Waals surface area contributed by atoms with E-state index in [9.17, 15) is 54.3 Å². The largest absolute Gasteiger partial charge is 0.481 e. The molecule has 4 aliphatic rings. The van der Waals surface area contributed by atoms with Gasteiger partial charge in [-0.05, 0) is 73.0 Å². The van der Waals surface area contributed by atoms with E-state index < -0.39 is 71.3 Å². The van der Waals surface area contributed by atoms with Crippen LogP contribution in [0.15, 0.2) is 0 Å². The minimum Gasteiger partial charge on any atom is -0.481 e. The molecule has 0 aliphatic heterocycles. The number of aliphatic carboxylic acids is 6. The van der Waals surface area contributed by atoms with Crippen molar-refractivity contribution in [1.82, 2.24) is 0 Å². The molecule has 305 valence electrons. The van der Waals surface area contributed by atoms with Crippen molar-refractivity contribution in [2.75, 3.05) is 0 Å². The second kappa shape index (κ2) is 31.2. The van der Waals surface area contributed by atoms with Gasteiger partial charge >= 0.3 is 35.8 Å². The number of hydrogen-bond acceptors (Lipinski definition) is 6. The van der Waals surface area contributed by atoms with Gasteiger partial charge in [0.2, 0.25) is 0 Å². The van der Waals surface area contributed by atoms with Crippen LogP contribution < -0.4 is 0 Å².